The zero-order valence-electron chi connectivity index (χ0n) is 11.2. The van der Waals surface area contributed by atoms with Crippen LogP contribution >= 0.6 is 0 Å². The zero-order valence-corrected chi connectivity index (χ0v) is 11.2. The minimum Gasteiger partial charge on any atom is -0.481 e. The van der Waals surface area contributed by atoms with E-state index < -0.39 is 23.0 Å². The molecule has 0 aromatic heterocycles. The first-order valence-electron chi connectivity index (χ1n) is 6.12. The monoisotopic (exact) mass is 276 g/mol. The van der Waals surface area contributed by atoms with Crippen LogP contribution in [-0.4, -0.2) is 11.1 Å². The van der Waals surface area contributed by atoms with Gasteiger partial charge >= 0.3 is 5.97 Å². The van der Waals surface area contributed by atoms with Crippen molar-refractivity contribution in [3.63, 3.8) is 0 Å². The lowest BCUT2D eigenvalue weighted by molar-refractivity contribution is -0.142. The maximum absolute atomic E-state index is 13.3. The number of halogens is 2. The van der Waals surface area contributed by atoms with Gasteiger partial charge < -0.3 is 5.11 Å². The van der Waals surface area contributed by atoms with Crippen LogP contribution in [0.1, 0.15) is 19.4 Å². The number of aliphatic carboxylic acids is 1. The Hall–Kier alpha value is -2.23. The largest absolute Gasteiger partial charge is 0.481 e. The molecule has 0 unspecified atom stereocenters. The third-order valence-electron chi connectivity index (χ3n) is 3.31. The van der Waals surface area contributed by atoms with Crippen LogP contribution in [0.3, 0.4) is 0 Å². The highest BCUT2D eigenvalue weighted by Crippen LogP contribution is 2.34. The van der Waals surface area contributed by atoms with Crippen LogP contribution < -0.4 is 0 Å². The number of carbonyl (C=O) groups is 1. The molecule has 0 saturated heterocycles. The molecule has 20 heavy (non-hydrogen) atoms. The first-order chi connectivity index (χ1) is 9.32. The number of benzene rings is 2. The molecule has 0 aliphatic heterocycles. The van der Waals surface area contributed by atoms with Crippen molar-refractivity contribution in [1.29, 1.82) is 0 Å². The van der Waals surface area contributed by atoms with Crippen molar-refractivity contribution in [2.75, 3.05) is 0 Å². The molecule has 0 spiro atoms. The molecule has 0 radical (unpaired) electrons. The van der Waals surface area contributed by atoms with Crippen molar-refractivity contribution in [1.82, 2.24) is 0 Å². The van der Waals surface area contributed by atoms with Crippen LogP contribution in [0.2, 0.25) is 0 Å². The first kappa shape index (κ1) is 14.2. The second-order valence-corrected chi connectivity index (χ2v) is 5.13. The van der Waals surface area contributed by atoms with E-state index in [1.807, 2.05) is 0 Å². The molecule has 2 aromatic rings. The summed E-state index contributed by atoms with van der Waals surface area (Å²) in [4.78, 5) is 11.4. The van der Waals surface area contributed by atoms with E-state index in [4.69, 9.17) is 0 Å². The average molecular weight is 276 g/mol. The maximum Gasteiger partial charge on any atom is 0.313 e. The molecule has 0 heterocycles. The zero-order chi connectivity index (χ0) is 14.9. The molecular formula is C16H14F2O2. The van der Waals surface area contributed by atoms with Gasteiger partial charge in [0.25, 0.3) is 0 Å². The molecule has 4 heteroatoms. The van der Waals surface area contributed by atoms with Gasteiger partial charge in [0.05, 0.1) is 5.41 Å². The van der Waals surface area contributed by atoms with Gasteiger partial charge in [0, 0.05) is 6.07 Å². The Morgan fingerprint density at radius 1 is 1.05 bits per heavy atom. The normalized spacial score (nSPS) is 11.4. The van der Waals surface area contributed by atoms with E-state index in [2.05, 4.69) is 0 Å². The number of hydrogen-bond acceptors (Lipinski definition) is 1. The predicted octanol–water partition coefficient (Wildman–Crippen LogP) is 3.99. The minimum atomic E-state index is -1.15. The number of carboxylic acid groups (broad SMARTS) is 1. The fourth-order valence-corrected chi connectivity index (χ4v) is 2.10. The summed E-state index contributed by atoms with van der Waals surface area (Å²) in [5.74, 6) is -2.38. The van der Waals surface area contributed by atoms with E-state index >= 15 is 0 Å². The smallest absolute Gasteiger partial charge is 0.313 e. The van der Waals surface area contributed by atoms with Crippen LogP contribution in [0.5, 0.6) is 0 Å². The molecule has 1 N–H and O–H groups in total. The van der Waals surface area contributed by atoms with Crippen molar-refractivity contribution in [3.05, 3.63) is 59.7 Å². The van der Waals surface area contributed by atoms with Crippen LogP contribution in [0.4, 0.5) is 8.78 Å². The highest BCUT2D eigenvalue weighted by atomic mass is 19.1. The predicted molar refractivity (Wildman–Crippen MR) is 72.5 cm³/mol. The summed E-state index contributed by atoms with van der Waals surface area (Å²) in [6.45, 7) is 3.12. The molecule has 2 nitrogen and oxygen atoms in total. The minimum absolute atomic E-state index is 0.326. The molecule has 2 aromatic carbocycles. The fourth-order valence-electron chi connectivity index (χ4n) is 2.10. The van der Waals surface area contributed by atoms with Gasteiger partial charge in [0.1, 0.15) is 11.6 Å². The number of carboxylic acids is 1. The summed E-state index contributed by atoms with van der Waals surface area (Å²) < 4.78 is 26.7. The van der Waals surface area contributed by atoms with Crippen LogP contribution in [0, 0.1) is 11.6 Å². The Bertz CT molecular complexity index is 643. The summed E-state index contributed by atoms with van der Waals surface area (Å²) in [6.07, 6.45) is 0. The Morgan fingerprint density at radius 2 is 1.60 bits per heavy atom. The lowest BCUT2D eigenvalue weighted by atomic mass is 9.80. The number of rotatable bonds is 3. The average Bonchev–Trinajstić information content (AvgIpc) is 2.37. The summed E-state index contributed by atoms with van der Waals surface area (Å²) in [5, 5.41) is 9.33. The van der Waals surface area contributed by atoms with Gasteiger partial charge in [-0.05, 0) is 42.7 Å². The highest BCUT2D eigenvalue weighted by Gasteiger charge is 2.31. The van der Waals surface area contributed by atoms with Gasteiger partial charge in [-0.15, -0.1) is 0 Å². The molecule has 0 atom stereocenters. The van der Waals surface area contributed by atoms with Crippen molar-refractivity contribution in [2.45, 2.75) is 19.3 Å². The van der Waals surface area contributed by atoms with Crippen molar-refractivity contribution in [2.24, 2.45) is 0 Å². The number of hydrogen-bond donors (Lipinski definition) is 1. The standard InChI is InChI=1S/C16H14F2O2/c1-16(2,15(19)20)14-6-4-3-5-13(14)10-7-11(17)9-12(18)8-10/h3-9H,1-2H3,(H,19,20). The molecule has 0 fully saturated rings. The second kappa shape index (κ2) is 5.04. The Balaban J connectivity index is 2.67. The van der Waals surface area contributed by atoms with Crippen LogP contribution in [0.15, 0.2) is 42.5 Å². The lowest BCUT2D eigenvalue weighted by Gasteiger charge is -2.23. The van der Waals surface area contributed by atoms with Gasteiger partial charge in [0.15, 0.2) is 0 Å². The van der Waals surface area contributed by atoms with E-state index in [9.17, 15) is 18.7 Å². The third-order valence-corrected chi connectivity index (χ3v) is 3.31. The molecule has 0 bridgehead atoms. The molecule has 0 aliphatic carbocycles. The highest BCUT2D eigenvalue weighted by molar-refractivity contribution is 5.84. The Kier molecular flexibility index (Phi) is 3.57. The molecule has 2 rings (SSSR count). The van der Waals surface area contributed by atoms with Crippen LogP contribution in [0.25, 0.3) is 11.1 Å². The Morgan fingerprint density at radius 3 is 2.15 bits per heavy atom. The fraction of sp³-hybridized carbons (Fsp3) is 0.188. The van der Waals surface area contributed by atoms with Crippen molar-refractivity contribution in [3.8, 4) is 11.1 Å². The van der Waals surface area contributed by atoms with Crippen molar-refractivity contribution < 1.29 is 18.7 Å². The van der Waals surface area contributed by atoms with Gasteiger partial charge in [-0.1, -0.05) is 24.3 Å². The van der Waals surface area contributed by atoms with Gasteiger partial charge in [0.2, 0.25) is 0 Å². The maximum atomic E-state index is 13.3. The Labute approximate surface area is 115 Å². The quantitative estimate of drug-likeness (QED) is 0.920. The van der Waals surface area contributed by atoms with Crippen molar-refractivity contribution >= 4 is 5.97 Å². The van der Waals surface area contributed by atoms with Gasteiger partial charge in [-0.3, -0.25) is 4.79 Å². The van der Waals surface area contributed by atoms with E-state index in [0.29, 0.717) is 16.7 Å². The molecule has 0 amide bonds. The van der Waals surface area contributed by atoms with E-state index in [0.717, 1.165) is 6.07 Å². The SMILES string of the molecule is CC(C)(C(=O)O)c1ccccc1-c1cc(F)cc(F)c1. The molecule has 0 saturated carbocycles. The first-order valence-corrected chi connectivity index (χ1v) is 6.12. The lowest BCUT2D eigenvalue weighted by Crippen LogP contribution is -2.29. The summed E-state index contributed by atoms with van der Waals surface area (Å²) in [7, 11) is 0. The topological polar surface area (TPSA) is 37.3 Å². The summed E-state index contributed by atoms with van der Waals surface area (Å²) in [6, 6.07) is 9.91. The van der Waals surface area contributed by atoms with Gasteiger partial charge in [-0.25, -0.2) is 8.78 Å². The molecule has 104 valence electrons. The van der Waals surface area contributed by atoms with E-state index in [1.165, 1.54) is 12.1 Å². The van der Waals surface area contributed by atoms with E-state index in [1.54, 1.807) is 38.1 Å². The molecule has 0 aliphatic rings. The summed E-state index contributed by atoms with van der Waals surface area (Å²) in [5.41, 5.74) is 0.197. The van der Waals surface area contributed by atoms with Gasteiger partial charge in [-0.2, -0.15) is 0 Å². The summed E-state index contributed by atoms with van der Waals surface area (Å²) >= 11 is 0. The molecular weight excluding hydrogens is 262 g/mol. The van der Waals surface area contributed by atoms with Crippen LogP contribution in [-0.2, 0) is 10.2 Å². The third kappa shape index (κ3) is 2.54. The second-order valence-electron chi connectivity index (χ2n) is 5.13. The van der Waals surface area contributed by atoms with E-state index in [-0.39, 0.29) is 0 Å².